The van der Waals surface area contributed by atoms with E-state index in [1.165, 1.54) is 7.11 Å². The number of hydrogen-bond acceptors (Lipinski definition) is 7. The molecule has 0 fully saturated rings. The lowest BCUT2D eigenvalue weighted by Crippen LogP contribution is -2.09. The molecule has 0 atom stereocenters. The number of methoxy groups -OCH3 is 1. The molecule has 0 spiro atoms. The summed E-state index contributed by atoms with van der Waals surface area (Å²) < 4.78 is 6.78. The molecular weight excluding hydrogens is 246 g/mol. The second kappa shape index (κ2) is 5.98. The topological polar surface area (TPSA) is 89.8 Å². The third-order valence-electron chi connectivity index (χ3n) is 2.34. The summed E-state index contributed by atoms with van der Waals surface area (Å²) in [7, 11) is 3.40. The summed E-state index contributed by atoms with van der Waals surface area (Å²) in [5.41, 5.74) is 1.05. The van der Waals surface area contributed by atoms with Crippen LogP contribution in [-0.4, -0.2) is 38.4 Å². The predicted octanol–water partition coefficient (Wildman–Crippen LogP) is 0.658. The van der Waals surface area contributed by atoms with E-state index in [4.69, 9.17) is 4.74 Å². The summed E-state index contributed by atoms with van der Waals surface area (Å²) in [6, 6.07) is 0.277. The van der Waals surface area contributed by atoms with Crippen molar-refractivity contribution < 1.29 is 4.74 Å². The Balaban J connectivity index is 2.08. The van der Waals surface area contributed by atoms with Crippen LogP contribution in [0.25, 0.3) is 0 Å². The average molecular weight is 263 g/mol. The van der Waals surface area contributed by atoms with Gasteiger partial charge in [-0.1, -0.05) is 0 Å². The van der Waals surface area contributed by atoms with Crippen molar-refractivity contribution in [2.45, 2.75) is 13.5 Å². The minimum Gasteiger partial charge on any atom is -0.467 e. The third-order valence-corrected chi connectivity index (χ3v) is 2.34. The predicted molar refractivity (Wildman–Crippen MR) is 71.1 cm³/mol. The zero-order valence-electron chi connectivity index (χ0n) is 11.2. The van der Waals surface area contributed by atoms with E-state index < -0.39 is 0 Å². The lowest BCUT2D eigenvalue weighted by atomic mass is 10.4. The highest BCUT2D eigenvalue weighted by Gasteiger charge is 2.06. The number of hydrogen-bond donors (Lipinski definition) is 2. The van der Waals surface area contributed by atoms with Crippen LogP contribution < -0.4 is 15.4 Å². The first-order valence-corrected chi connectivity index (χ1v) is 5.96. The summed E-state index contributed by atoms with van der Waals surface area (Å²) >= 11 is 0. The molecule has 2 aromatic heterocycles. The SMILES string of the molecule is CCNc1nc(NCc2cnn(C)c2)nc(OC)n1. The molecule has 0 aliphatic rings. The number of rotatable bonds is 6. The zero-order chi connectivity index (χ0) is 13.7. The van der Waals surface area contributed by atoms with Gasteiger partial charge < -0.3 is 15.4 Å². The fourth-order valence-corrected chi connectivity index (χ4v) is 1.51. The second-order valence-electron chi connectivity index (χ2n) is 3.88. The van der Waals surface area contributed by atoms with Crippen LogP contribution in [0, 0.1) is 0 Å². The monoisotopic (exact) mass is 263 g/mol. The molecule has 102 valence electrons. The number of aryl methyl sites for hydroxylation is 1. The van der Waals surface area contributed by atoms with E-state index in [0.717, 1.165) is 12.1 Å². The Morgan fingerprint density at radius 2 is 1.95 bits per heavy atom. The van der Waals surface area contributed by atoms with Gasteiger partial charge >= 0.3 is 6.01 Å². The van der Waals surface area contributed by atoms with E-state index in [1.807, 2.05) is 20.2 Å². The van der Waals surface area contributed by atoms with Crippen molar-refractivity contribution in [2.75, 3.05) is 24.3 Å². The summed E-state index contributed by atoms with van der Waals surface area (Å²) in [5.74, 6) is 0.953. The van der Waals surface area contributed by atoms with E-state index in [0.29, 0.717) is 18.4 Å². The number of nitrogens with zero attached hydrogens (tertiary/aromatic N) is 5. The van der Waals surface area contributed by atoms with Crippen LogP contribution >= 0.6 is 0 Å². The van der Waals surface area contributed by atoms with Gasteiger partial charge in [0.2, 0.25) is 11.9 Å². The molecule has 0 aliphatic heterocycles. The van der Waals surface area contributed by atoms with Crippen molar-refractivity contribution in [3.05, 3.63) is 18.0 Å². The van der Waals surface area contributed by atoms with Crippen molar-refractivity contribution in [1.82, 2.24) is 24.7 Å². The number of ether oxygens (including phenoxy) is 1. The van der Waals surface area contributed by atoms with Crippen LogP contribution in [0.2, 0.25) is 0 Å². The Bertz CT molecular complexity index is 540. The molecule has 2 N–H and O–H groups in total. The van der Waals surface area contributed by atoms with Gasteiger partial charge in [-0.3, -0.25) is 4.68 Å². The fraction of sp³-hybridized carbons (Fsp3) is 0.455. The standard InChI is InChI=1S/C11H17N7O/c1-4-12-9-15-10(17-11(16-9)19-3)13-5-8-6-14-18(2)7-8/h6-7H,4-5H2,1-3H3,(H2,12,13,15,16,17). The van der Waals surface area contributed by atoms with Crippen LogP contribution in [-0.2, 0) is 13.6 Å². The van der Waals surface area contributed by atoms with Crippen molar-refractivity contribution in [1.29, 1.82) is 0 Å². The molecule has 0 aliphatic carbocycles. The molecule has 0 amide bonds. The van der Waals surface area contributed by atoms with Crippen molar-refractivity contribution in [3.63, 3.8) is 0 Å². The largest absolute Gasteiger partial charge is 0.467 e. The van der Waals surface area contributed by atoms with Gasteiger partial charge in [0.05, 0.1) is 13.3 Å². The quantitative estimate of drug-likeness (QED) is 0.791. The number of aromatic nitrogens is 5. The minimum absolute atomic E-state index is 0.277. The summed E-state index contributed by atoms with van der Waals surface area (Å²) in [4.78, 5) is 12.5. The van der Waals surface area contributed by atoms with Crippen LogP contribution in [0.15, 0.2) is 12.4 Å². The molecule has 8 heteroatoms. The lowest BCUT2D eigenvalue weighted by molar-refractivity contribution is 0.379. The summed E-state index contributed by atoms with van der Waals surface area (Å²) in [5, 5.41) is 10.2. The molecule has 19 heavy (non-hydrogen) atoms. The maximum Gasteiger partial charge on any atom is 0.322 e. The molecule has 2 rings (SSSR count). The van der Waals surface area contributed by atoms with Crippen LogP contribution in [0.1, 0.15) is 12.5 Å². The lowest BCUT2D eigenvalue weighted by Gasteiger charge is -2.07. The first kappa shape index (κ1) is 13.1. The van der Waals surface area contributed by atoms with Gasteiger partial charge in [0.25, 0.3) is 0 Å². The van der Waals surface area contributed by atoms with E-state index in [2.05, 4.69) is 30.7 Å². The van der Waals surface area contributed by atoms with Crippen molar-refractivity contribution in [2.24, 2.45) is 7.05 Å². The van der Waals surface area contributed by atoms with E-state index in [1.54, 1.807) is 10.9 Å². The van der Waals surface area contributed by atoms with Gasteiger partial charge in [0.15, 0.2) is 0 Å². The average Bonchev–Trinajstić information content (AvgIpc) is 2.82. The Hall–Kier alpha value is -2.38. The van der Waals surface area contributed by atoms with Gasteiger partial charge in [-0.05, 0) is 6.92 Å². The molecule has 0 saturated heterocycles. The molecule has 0 aromatic carbocycles. The normalized spacial score (nSPS) is 10.3. The van der Waals surface area contributed by atoms with Gasteiger partial charge in [-0.15, -0.1) is 0 Å². The molecular formula is C11H17N7O. The smallest absolute Gasteiger partial charge is 0.322 e. The molecule has 2 heterocycles. The van der Waals surface area contributed by atoms with E-state index >= 15 is 0 Å². The van der Waals surface area contributed by atoms with Gasteiger partial charge in [-0.25, -0.2) is 0 Å². The maximum atomic E-state index is 5.04. The first-order chi connectivity index (χ1) is 9.21. The summed E-state index contributed by atoms with van der Waals surface area (Å²) in [6.07, 6.45) is 3.72. The third kappa shape index (κ3) is 3.54. The van der Waals surface area contributed by atoms with Gasteiger partial charge in [0, 0.05) is 31.9 Å². The Labute approximate surface area is 111 Å². The second-order valence-corrected chi connectivity index (χ2v) is 3.88. The van der Waals surface area contributed by atoms with Crippen molar-refractivity contribution >= 4 is 11.9 Å². The van der Waals surface area contributed by atoms with Gasteiger partial charge in [-0.2, -0.15) is 20.1 Å². The highest BCUT2D eigenvalue weighted by atomic mass is 16.5. The minimum atomic E-state index is 0.277. The van der Waals surface area contributed by atoms with Crippen molar-refractivity contribution in [3.8, 4) is 6.01 Å². The fourth-order valence-electron chi connectivity index (χ4n) is 1.51. The van der Waals surface area contributed by atoms with Crippen LogP contribution in [0.4, 0.5) is 11.9 Å². The molecule has 8 nitrogen and oxygen atoms in total. The highest BCUT2D eigenvalue weighted by Crippen LogP contribution is 2.11. The maximum absolute atomic E-state index is 5.04. The van der Waals surface area contributed by atoms with Crippen LogP contribution in [0.3, 0.4) is 0 Å². The molecule has 0 saturated carbocycles. The summed E-state index contributed by atoms with van der Waals surface area (Å²) in [6.45, 7) is 3.29. The Morgan fingerprint density at radius 1 is 1.21 bits per heavy atom. The molecule has 0 bridgehead atoms. The highest BCUT2D eigenvalue weighted by molar-refractivity contribution is 5.36. The number of nitrogens with one attached hydrogen (secondary N) is 2. The van der Waals surface area contributed by atoms with Crippen LogP contribution in [0.5, 0.6) is 6.01 Å². The molecule has 0 radical (unpaired) electrons. The number of anilines is 2. The Morgan fingerprint density at radius 3 is 2.53 bits per heavy atom. The first-order valence-electron chi connectivity index (χ1n) is 5.96. The van der Waals surface area contributed by atoms with Gasteiger partial charge in [0.1, 0.15) is 0 Å². The Kier molecular flexibility index (Phi) is 4.11. The zero-order valence-corrected chi connectivity index (χ0v) is 11.2. The molecule has 2 aromatic rings. The van der Waals surface area contributed by atoms with E-state index in [-0.39, 0.29) is 6.01 Å². The van der Waals surface area contributed by atoms with E-state index in [9.17, 15) is 0 Å². The molecule has 0 unspecified atom stereocenters.